The summed E-state index contributed by atoms with van der Waals surface area (Å²) in [7, 11) is 0. The van der Waals surface area contributed by atoms with Crippen molar-refractivity contribution in [3.05, 3.63) is 63.1 Å². The van der Waals surface area contributed by atoms with E-state index < -0.39 is 6.04 Å². The van der Waals surface area contributed by atoms with E-state index in [4.69, 9.17) is 34.8 Å². The van der Waals surface area contributed by atoms with Crippen LogP contribution in [-0.2, 0) is 4.79 Å². The maximum absolute atomic E-state index is 12.7. The summed E-state index contributed by atoms with van der Waals surface area (Å²) in [6.07, 6.45) is 1.37. The van der Waals surface area contributed by atoms with Gasteiger partial charge in [0.2, 0.25) is 5.91 Å². The number of amides is 2. The van der Waals surface area contributed by atoms with Gasteiger partial charge in [0.1, 0.15) is 6.04 Å². The lowest BCUT2D eigenvalue weighted by Crippen LogP contribution is -2.43. The van der Waals surface area contributed by atoms with Crippen molar-refractivity contribution >= 4 is 52.3 Å². The van der Waals surface area contributed by atoms with E-state index in [1.807, 2.05) is 6.07 Å². The number of nitrogens with zero attached hydrogens (tertiary/aromatic N) is 1. The molecule has 4 nitrogen and oxygen atoms in total. The molecule has 1 aliphatic heterocycles. The van der Waals surface area contributed by atoms with Gasteiger partial charge in [0, 0.05) is 12.1 Å². The zero-order valence-electron chi connectivity index (χ0n) is 13.1. The van der Waals surface area contributed by atoms with Gasteiger partial charge in [0.05, 0.1) is 20.8 Å². The van der Waals surface area contributed by atoms with Crippen molar-refractivity contribution in [2.45, 2.75) is 18.9 Å². The van der Waals surface area contributed by atoms with Crippen LogP contribution in [-0.4, -0.2) is 29.3 Å². The van der Waals surface area contributed by atoms with E-state index in [-0.39, 0.29) is 11.8 Å². The fraction of sp³-hybridized carbons (Fsp3) is 0.222. The second-order valence-corrected chi connectivity index (χ2v) is 6.98. The lowest BCUT2D eigenvalue weighted by molar-refractivity contribution is -0.119. The summed E-state index contributed by atoms with van der Waals surface area (Å²) in [6, 6.07) is 11.4. The Balaban J connectivity index is 1.77. The minimum absolute atomic E-state index is 0.154. The van der Waals surface area contributed by atoms with Gasteiger partial charge in [0.15, 0.2) is 0 Å². The molecule has 25 heavy (non-hydrogen) atoms. The van der Waals surface area contributed by atoms with Crippen LogP contribution in [0.4, 0.5) is 5.69 Å². The van der Waals surface area contributed by atoms with Crippen LogP contribution >= 0.6 is 34.8 Å². The topological polar surface area (TPSA) is 49.4 Å². The molecule has 0 aliphatic carbocycles. The fourth-order valence-electron chi connectivity index (χ4n) is 2.86. The molecule has 0 bridgehead atoms. The standard InChI is InChI=1S/C18H15Cl3N2O2/c19-12-9-14(21)15(10-13(12)20)22-17(24)16-7-4-8-23(16)18(25)11-5-2-1-3-6-11/h1-3,5-6,9-10,16H,4,7-8H2,(H,22,24)/t16-/m0/s1. The summed E-state index contributed by atoms with van der Waals surface area (Å²) >= 11 is 18.0. The van der Waals surface area contributed by atoms with Crippen LogP contribution in [0.25, 0.3) is 0 Å². The molecule has 0 saturated carbocycles. The van der Waals surface area contributed by atoms with Gasteiger partial charge < -0.3 is 10.2 Å². The first-order valence-electron chi connectivity index (χ1n) is 7.79. The van der Waals surface area contributed by atoms with E-state index in [9.17, 15) is 9.59 Å². The van der Waals surface area contributed by atoms with E-state index in [1.54, 1.807) is 29.2 Å². The summed E-state index contributed by atoms with van der Waals surface area (Å²) in [5.41, 5.74) is 0.940. The van der Waals surface area contributed by atoms with Gasteiger partial charge in [0.25, 0.3) is 5.91 Å². The first kappa shape index (κ1) is 18.1. The van der Waals surface area contributed by atoms with Crippen molar-refractivity contribution in [3.8, 4) is 0 Å². The number of hydrogen-bond acceptors (Lipinski definition) is 2. The average Bonchev–Trinajstić information content (AvgIpc) is 3.09. The lowest BCUT2D eigenvalue weighted by atomic mass is 10.1. The molecule has 0 spiro atoms. The molecule has 130 valence electrons. The van der Waals surface area contributed by atoms with Crippen molar-refractivity contribution in [1.29, 1.82) is 0 Å². The quantitative estimate of drug-likeness (QED) is 0.750. The highest BCUT2D eigenvalue weighted by Crippen LogP contribution is 2.33. The third-order valence-electron chi connectivity index (χ3n) is 4.10. The number of nitrogens with one attached hydrogen (secondary N) is 1. The predicted molar refractivity (Wildman–Crippen MR) is 101 cm³/mol. The van der Waals surface area contributed by atoms with Crippen LogP contribution in [0, 0.1) is 0 Å². The Morgan fingerprint density at radius 1 is 1.00 bits per heavy atom. The number of benzene rings is 2. The second kappa shape index (κ2) is 7.65. The maximum atomic E-state index is 12.7. The summed E-state index contributed by atoms with van der Waals surface area (Å²) in [6.45, 7) is 0.543. The van der Waals surface area contributed by atoms with Crippen LogP contribution in [0.3, 0.4) is 0 Å². The van der Waals surface area contributed by atoms with Crippen LogP contribution < -0.4 is 5.32 Å². The zero-order chi connectivity index (χ0) is 18.0. The van der Waals surface area contributed by atoms with Crippen molar-refractivity contribution < 1.29 is 9.59 Å². The minimum Gasteiger partial charge on any atom is -0.327 e. The molecule has 1 N–H and O–H groups in total. The Labute approximate surface area is 160 Å². The van der Waals surface area contributed by atoms with Gasteiger partial charge in [-0.3, -0.25) is 9.59 Å². The van der Waals surface area contributed by atoms with E-state index in [0.717, 1.165) is 6.42 Å². The highest BCUT2D eigenvalue weighted by Gasteiger charge is 2.34. The van der Waals surface area contributed by atoms with Crippen molar-refractivity contribution in [1.82, 2.24) is 4.90 Å². The number of likely N-dealkylation sites (tertiary alicyclic amines) is 1. The van der Waals surface area contributed by atoms with Gasteiger partial charge in [-0.05, 0) is 37.1 Å². The molecular weight excluding hydrogens is 383 g/mol. The third-order valence-corrected chi connectivity index (χ3v) is 5.14. The molecule has 1 saturated heterocycles. The molecule has 2 amide bonds. The molecule has 2 aromatic carbocycles. The van der Waals surface area contributed by atoms with E-state index in [1.165, 1.54) is 12.1 Å². The Morgan fingerprint density at radius 2 is 1.68 bits per heavy atom. The normalized spacial score (nSPS) is 16.8. The SMILES string of the molecule is O=C(Nc1cc(Cl)c(Cl)cc1Cl)[C@@H]1CCCN1C(=O)c1ccccc1. The van der Waals surface area contributed by atoms with Crippen LogP contribution in [0.2, 0.25) is 15.1 Å². The third kappa shape index (κ3) is 3.92. The van der Waals surface area contributed by atoms with Crippen molar-refractivity contribution in [2.24, 2.45) is 0 Å². The van der Waals surface area contributed by atoms with E-state index in [0.29, 0.717) is 39.3 Å². The highest BCUT2D eigenvalue weighted by molar-refractivity contribution is 6.44. The van der Waals surface area contributed by atoms with E-state index >= 15 is 0 Å². The monoisotopic (exact) mass is 396 g/mol. The molecule has 0 radical (unpaired) electrons. The van der Waals surface area contributed by atoms with Gasteiger partial charge in [-0.15, -0.1) is 0 Å². The first-order chi connectivity index (χ1) is 12.0. The summed E-state index contributed by atoms with van der Waals surface area (Å²) in [5, 5.41) is 3.65. The maximum Gasteiger partial charge on any atom is 0.254 e. The number of anilines is 1. The number of halogens is 3. The van der Waals surface area contributed by atoms with Crippen molar-refractivity contribution in [3.63, 3.8) is 0 Å². The Kier molecular flexibility index (Phi) is 5.52. The number of carbonyl (C=O) groups is 2. The van der Waals surface area contributed by atoms with Crippen molar-refractivity contribution in [2.75, 3.05) is 11.9 Å². The summed E-state index contributed by atoms with van der Waals surface area (Å²) in [4.78, 5) is 26.9. The highest BCUT2D eigenvalue weighted by atomic mass is 35.5. The number of hydrogen-bond donors (Lipinski definition) is 1. The Hall–Kier alpha value is -1.75. The minimum atomic E-state index is -0.543. The Morgan fingerprint density at radius 3 is 2.40 bits per heavy atom. The van der Waals surface area contributed by atoms with E-state index in [2.05, 4.69) is 5.32 Å². The molecule has 3 rings (SSSR count). The first-order valence-corrected chi connectivity index (χ1v) is 8.92. The van der Waals surface area contributed by atoms with Gasteiger partial charge >= 0.3 is 0 Å². The van der Waals surface area contributed by atoms with Crippen LogP contribution in [0.5, 0.6) is 0 Å². The van der Waals surface area contributed by atoms with Gasteiger partial charge in [-0.2, -0.15) is 0 Å². The molecule has 1 atom stereocenters. The number of rotatable bonds is 3. The Bertz CT molecular complexity index is 811. The van der Waals surface area contributed by atoms with Crippen LogP contribution in [0.1, 0.15) is 23.2 Å². The molecular formula is C18H15Cl3N2O2. The summed E-state index contributed by atoms with van der Waals surface area (Å²) < 4.78 is 0. The molecule has 2 aromatic rings. The molecule has 0 aromatic heterocycles. The fourth-order valence-corrected chi connectivity index (χ4v) is 3.46. The molecule has 1 heterocycles. The molecule has 1 aliphatic rings. The van der Waals surface area contributed by atoms with Crippen LogP contribution in [0.15, 0.2) is 42.5 Å². The van der Waals surface area contributed by atoms with Gasteiger partial charge in [-0.25, -0.2) is 0 Å². The molecule has 1 fully saturated rings. The molecule has 7 heteroatoms. The second-order valence-electron chi connectivity index (χ2n) is 5.76. The van der Waals surface area contributed by atoms with Gasteiger partial charge in [-0.1, -0.05) is 53.0 Å². The predicted octanol–water partition coefficient (Wildman–Crippen LogP) is 4.89. The lowest BCUT2D eigenvalue weighted by Gasteiger charge is -2.24. The smallest absolute Gasteiger partial charge is 0.254 e. The summed E-state index contributed by atoms with van der Waals surface area (Å²) in [5.74, 6) is -0.444. The molecule has 0 unspecified atom stereocenters. The largest absolute Gasteiger partial charge is 0.327 e. The average molecular weight is 398 g/mol. The number of carbonyl (C=O) groups excluding carboxylic acids is 2. The zero-order valence-corrected chi connectivity index (χ0v) is 15.4.